The minimum Gasteiger partial charge on any atom is -0.408 e. The Morgan fingerprint density at radius 3 is 2.27 bits per heavy atom. The van der Waals surface area contributed by atoms with E-state index in [1.54, 1.807) is 24.3 Å². The number of carbonyl (C=O) groups is 1. The fourth-order valence-electron chi connectivity index (χ4n) is 3.94. The normalized spacial score (nSPS) is 16.8. The molecule has 2 heterocycles. The first-order chi connectivity index (χ1) is 15.5. The minimum atomic E-state index is -4.82. The van der Waals surface area contributed by atoms with Crippen molar-refractivity contribution in [2.24, 2.45) is 0 Å². The summed E-state index contributed by atoms with van der Waals surface area (Å²) in [5.41, 5.74) is -0.446. The van der Waals surface area contributed by atoms with Gasteiger partial charge >= 0.3 is 11.9 Å². The Morgan fingerprint density at radius 2 is 1.61 bits per heavy atom. The van der Waals surface area contributed by atoms with E-state index in [2.05, 4.69) is 0 Å². The van der Waals surface area contributed by atoms with E-state index in [4.69, 9.17) is 4.42 Å². The molecule has 0 bridgehead atoms. The van der Waals surface area contributed by atoms with Crippen LogP contribution in [0.25, 0.3) is 11.1 Å². The maximum atomic E-state index is 13.3. The lowest BCUT2D eigenvalue weighted by Gasteiger charge is -2.35. The van der Waals surface area contributed by atoms with E-state index in [0.29, 0.717) is 11.1 Å². The number of amides is 1. The number of piperazine rings is 1. The van der Waals surface area contributed by atoms with Crippen LogP contribution in [0.1, 0.15) is 18.5 Å². The SMILES string of the molecule is CC(C(=O)N1CCN(S(=O)(=O)c2ccccc2C(F)(F)F)CC1)n1c(=O)oc2ccccc21. The zero-order valence-corrected chi connectivity index (χ0v) is 18.3. The first-order valence-electron chi connectivity index (χ1n) is 10.1. The molecule has 1 amide bonds. The number of halogens is 3. The number of nitrogens with zero attached hydrogens (tertiary/aromatic N) is 3. The van der Waals surface area contributed by atoms with Gasteiger partial charge in [-0.25, -0.2) is 13.2 Å². The molecule has 0 radical (unpaired) electrons. The van der Waals surface area contributed by atoms with Crippen LogP contribution in [0, 0.1) is 0 Å². The second kappa shape index (κ2) is 8.34. The van der Waals surface area contributed by atoms with E-state index in [1.165, 1.54) is 22.5 Å². The molecule has 0 aliphatic carbocycles. The highest BCUT2D eigenvalue weighted by atomic mass is 32.2. The molecule has 1 aliphatic rings. The van der Waals surface area contributed by atoms with Crippen molar-refractivity contribution >= 4 is 27.0 Å². The van der Waals surface area contributed by atoms with Gasteiger partial charge < -0.3 is 9.32 Å². The molecular formula is C21H20F3N3O5S. The van der Waals surface area contributed by atoms with E-state index in [1.807, 2.05) is 0 Å². The molecular weight excluding hydrogens is 463 g/mol. The van der Waals surface area contributed by atoms with Gasteiger partial charge in [-0.3, -0.25) is 9.36 Å². The highest BCUT2D eigenvalue weighted by molar-refractivity contribution is 7.89. The molecule has 12 heteroatoms. The molecule has 8 nitrogen and oxygen atoms in total. The average molecular weight is 483 g/mol. The van der Waals surface area contributed by atoms with Gasteiger partial charge in [0.1, 0.15) is 6.04 Å². The smallest absolute Gasteiger partial charge is 0.408 e. The predicted molar refractivity (Wildman–Crippen MR) is 112 cm³/mol. The van der Waals surface area contributed by atoms with Gasteiger partial charge in [-0.2, -0.15) is 17.5 Å². The number of hydrogen-bond donors (Lipinski definition) is 0. The topological polar surface area (TPSA) is 92.8 Å². The molecule has 0 N–H and O–H groups in total. The van der Waals surface area contributed by atoms with Crippen molar-refractivity contribution in [3.05, 3.63) is 64.6 Å². The Kier molecular flexibility index (Phi) is 5.83. The Morgan fingerprint density at radius 1 is 1.00 bits per heavy atom. The third kappa shape index (κ3) is 4.15. The van der Waals surface area contributed by atoms with Crippen molar-refractivity contribution in [2.75, 3.05) is 26.2 Å². The van der Waals surface area contributed by atoms with Crippen LogP contribution in [-0.2, 0) is 21.0 Å². The van der Waals surface area contributed by atoms with Crippen molar-refractivity contribution in [3.63, 3.8) is 0 Å². The van der Waals surface area contributed by atoms with Crippen LogP contribution in [-0.4, -0.2) is 54.3 Å². The van der Waals surface area contributed by atoms with Crippen LogP contribution in [0.2, 0.25) is 0 Å². The largest absolute Gasteiger partial charge is 0.420 e. The highest BCUT2D eigenvalue weighted by Crippen LogP contribution is 2.35. The van der Waals surface area contributed by atoms with Crippen LogP contribution in [0.3, 0.4) is 0 Å². The van der Waals surface area contributed by atoms with Gasteiger partial charge in [-0.15, -0.1) is 0 Å². The first-order valence-corrected chi connectivity index (χ1v) is 11.5. The third-order valence-electron chi connectivity index (χ3n) is 5.62. The zero-order valence-electron chi connectivity index (χ0n) is 17.4. The van der Waals surface area contributed by atoms with E-state index in [0.717, 1.165) is 22.5 Å². The molecule has 3 aromatic rings. The molecule has 1 atom stereocenters. The minimum absolute atomic E-state index is 0.0267. The molecule has 1 saturated heterocycles. The first kappa shape index (κ1) is 23.1. The Balaban J connectivity index is 1.52. The van der Waals surface area contributed by atoms with Crippen molar-refractivity contribution < 1.29 is 30.8 Å². The summed E-state index contributed by atoms with van der Waals surface area (Å²) in [4.78, 5) is 25.9. The Labute approximate surface area is 186 Å². The van der Waals surface area contributed by atoms with Gasteiger partial charge in [-0.1, -0.05) is 24.3 Å². The van der Waals surface area contributed by atoms with Crippen LogP contribution in [0.5, 0.6) is 0 Å². The fraction of sp³-hybridized carbons (Fsp3) is 0.333. The average Bonchev–Trinajstić information content (AvgIpc) is 3.13. The van der Waals surface area contributed by atoms with Crippen LogP contribution < -0.4 is 5.76 Å². The second-order valence-corrected chi connectivity index (χ2v) is 9.51. The molecule has 1 aliphatic heterocycles. The predicted octanol–water partition coefficient (Wildman–Crippen LogP) is 2.71. The summed E-state index contributed by atoms with van der Waals surface area (Å²) in [5, 5.41) is 0. The standard InChI is InChI=1S/C21H20F3N3O5S/c1-14(27-16-7-3-4-8-17(16)32-20(27)29)19(28)25-10-12-26(13-11-25)33(30,31)18-9-5-2-6-15(18)21(22,23)24/h2-9,14H,10-13H2,1H3. The van der Waals surface area contributed by atoms with Gasteiger partial charge in [0, 0.05) is 26.2 Å². The zero-order chi connectivity index (χ0) is 24.0. The van der Waals surface area contributed by atoms with E-state index in [9.17, 15) is 31.2 Å². The summed E-state index contributed by atoms with van der Waals surface area (Å²) in [5.74, 6) is -1.11. The molecule has 4 rings (SSSR count). The third-order valence-corrected chi connectivity index (χ3v) is 7.58. The highest BCUT2D eigenvalue weighted by Gasteiger charge is 2.40. The van der Waals surface area contributed by atoms with E-state index >= 15 is 0 Å². The van der Waals surface area contributed by atoms with Crippen LogP contribution >= 0.6 is 0 Å². The van der Waals surface area contributed by atoms with Crippen LogP contribution in [0.15, 0.2) is 62.6 Å². The van der Waals surface area contributed by atoms with Crippen LogP contribution in [0.4, 0.5) is 13.2 Å². The molecule has 0 saturated carbocycles. The van der Waals surface area contributed by atoms with Crippen molar-refractivity contribution in [1.29, 1.82) is 0 Å². The number of fused-ring (bicyclic) bond motifs is 1. The summed E-state index contributed by atoms with van der Waals surface area (Å²) in [7, 11) is -4.42. The number of sulfonamides is 1. The summed E-state index contributed by atoms with van der Waals surface area (Å²) >= 11 is 0. The fourth-order valence-corrected chi connectivity index (χ4v) is 5.57. The number of hydrogen-bond acceptors (Lipinski definition) is 5. The molecule has 33 heavy (non-hydrogen) atoms. The molecule has 1 unspecified atom stereocenters. The quantitative estimate of drug-likeness (QED) is 0.569. The number of benzene rings is 2. The number of para-hydroxylation sites is 2. The molecule has 1 aromatic heterocycles. The monoisotopic (exact) mass is 483 g/mol. The molecule has 2 aromatic carbocycles. The molecule has 1 fully saturated rings. The summed E-state index contributed by atoms with van der Waals surface area (Å²) in [6.07, 6.45) is -4.82. The summed E-state index contributed by atoms with van der Waals surface area (Å²) in [6.45, 7) is 1.14. The van der Waals surface area contributed by atoms with E-state index < -0.39 is 44.4 Å². The van der Waals surface area contributed by atoms with Gasteiger partial charge in [-0.05, 0) is 31.2 Å². The van der Waals surface area contributed by atoms with E-state index in [-0.39, 0.29) is 26.2 Å². The number of rotatable bonds is 4. The number of alkyl halides is 3. The Hall–Kier alpha value is -3.12. The van der Waals surface area contributed by atoms with Gasteiger partial charge in [0.2, 0.25) is 15.9 Å². The second-order valence-electron chi connectivity index (χ2n) is 7.60. The lowest BCUT2D eigenvalue weighted by atomic mass is 10.2. The summed E-state index contributed by atoms with van der Waals surface area (Å²) in [6, 6.07) is 9.74. The maximum Gasteiger partial charge on any atom is 0.420 e. The summed E-state index contributed by atoms with van der Waals surface area (Å²) < 4.78 is 73.1. The lowest BCUT2D eigenvalue weighted by Crippen LogP contribution is -2.52. The van der Waals surface area contributed by atoms with Crippen molar-refractivity contribution in [2.45, 2.75) is 24.0 Å². The lowest BCUT2D eigenvalue weighted by molar-refractivity contribution is -0.140. The van der Waals surface area contributed by atoms with Gasteiger partial charge in [0.25, 0.3) is 0 Å². The number of aromatic nitrogens is 1. The molecule has 176 valence electrons. The number of oxazole rings is 1. The maximum absolute atomic E-state index is 13.3. The van der Waals surface area contributed by atoms with Gasteiger partial charge in [0.15, 0.2) is 5.58 Å². The van der Waals surface area contributed by atoms with Gasteiger partial charge in [0.05, 0.1) is 16.0 Å². The molecule has 0 spiro atoms. The van der Waals surface area contributed by atoms with Crippen molar-refractivity contribution in [1.82, 2.24) is 13.8 Å². The number of carbonyl (C=O) groups excluding carboxylic acids is 1. The van der Waals surface area contributed by atoms with Crippen molar-refractivity contribution in [3.8, 4) is 0 Å². The Bertz CT molecular complexity index is 1360.